The van der Waals surface area contributed by atoms with Crippen LogP contribution in [0.5, 0.6) is 11.5 Å². The number of hydrogen-bond donors (Lipinski definition) is 4. The van der Waals surface area contributed by atoms with Crippen molar-refractivity contribution in [3.63, 3.8) is 0 Å². The van der Waals surface area contributed by atoms with E-state index in [1.807, 2.05) is 6.07 Å². The summed E-state index contributed by atoms with van der Waals surface area (Å²) in [4.78, 5) is 24.4. The number of phenols is 1. The van der Waals surface area contributed by atoms with Crippen molar-refractivity contribution >= 4 is 23.0 Å². The Balaban J connectivity index is 1.58. The number of aliphatic hydroxyl groups excluding tert-OH is 3. The monoisotopic (exact) mass is 470 g/mol. The predicted molar refractivity (Wildman–Crippen MR) is 118 cm³/mol. The van der Waals surface area contributed by atoms with Crippen molar-refractivity contribution in [1.82, 2.24) is 0 Å². The van der Waals surface area contributed by atoms with Gasteiger partial charge in [-0.05, 0) is 11.6 Å². The molecule has 0 amide bonds. The number of benzene rings is 2. The zero-order chi connectivity index (χ0) is 24.2. The Hall–Kier alpha value is -3.70. The average Bonchev–Trinajstić information content (AvgIpc) is 2.83. The Morgan fingerprint density at radius 2 is 1.85 bits per heavy atom. The van der Waals surface area contributed by atoms with Crippen LogP contribution in [0, 0.1) is 0 Å². The van der Waals surface area contributed by atoms with Crippen LogP contribution in [0.1, 0.15) is 5.56 Å². The van der Waals surface area contributed by atoms with E-state index in [4.69, 9.17) is 18.6 Å². The van der Waals surface area contributed by atoms with E-state index in [9.17, 15) is 30.0 Å². The van der Waals surface area contributed by atoms with Crippen LogP contribution in [-0.2, 0) is 14.3 Å². The molecule has 3 aromatic rings. The first-order chi connectivity index (χ1) is 16.4. The molecule has 1 aliphatic heterocycles. The average molecular weight is 470 g/mol. The minimum absolute atomic E-state index is 0.0249. The van der Waals surface area contributed by atoms with Crippen molar-refractivity contribution in [2.45, 2.75) is 30.7 Å². The zero-order valence-electron chi connectivity index (χ0n) is 17.7. The topological polar surface area (TPSA) is 156 Å². The standard InChI is InChI=1S/C24H22O10/c25-12-18-21(29)22(30)23(34-19(28)7-6-13-4-2-1-3-5-13)24(33-18)32-14-10-16(27)20-15(26)8-9-31-17(20)11-14/h1-11,18,21-25,27,29-30H,12H2/b7-6-/t18-,21-,22+,23-,24-/m0/s1. The highest BCUT2D eigenvalue weighted by Crippen LogP contribution is 2.31. The van der Waals surface area contributed by atoms with Crippen LogP contribution in [0.3, 0.4) is 0 Å². The van der Waals surface area contributed by atoms with E-state index in [1.165, 1.54) is 12.1 Å². The summed E-state index contributed by atoms with van der Waals surface area (Å²) in [5.41, 5.74) is 0.299. The van der Waals surface area contributed by atoms with Gasteiger partial charge in [0.1, 0.15) is 40.8 Å². The molecule has 2 heterocycles. The van der Waals surface area contributed by atoms with E-state index in [2.05, 4.69) is 0 Å². The van der Waals surface area contributed by atoms with Crippen molar-refractivity contribution in [1.29, 1.82) is 0 Å². The van der Waals surface area contributed by atoms with Crippen LogP contribution in [0.25, 0.3) is 17.0 Å². The second kappa shape index (κ2) is 10.1. The molecule has 0 bridgehead atoms. The molecule has 4 N–H and O–H groups in total. The maximum Gasteiger partial charge on any atom is 0.331 e. The molecule has 10 nitrogen and oxygen atoms in total. The van der Waals surface area contributed by atoms with E-state index in [-0.39, 0.29) is 16.7 Å². The lowest BCUT2D eigenvalue weighted by Crippen LogP contribution is -2.61. The fraction of sp³-hybridized carbons (Fsp3) is 0.250. The van der Waals surface area contributed by atoms with Gasteiger partial charge < -0.3 is 39.1 Å². The lowest BCUT2D eigenvalue weighted by atomic mass is 9.99. The minimum atomic E-state index is -1.66. The molecule has 0 radical (unpaired) electrons. The van der Waals surface area contributed by atoms with Gasteiger partial charge in [0, 0.05) is 24.3 Å². The number of ether oxygens (including phenoxy) is 3. The van der Waals surface area contributed by atoms with Crippen LogP contribution in [0.2, 0.25) is 0 Å². The minimum Gasteiger partial charge on any atom is -0.507 e. The molecule has 34 heavy (non-hydrogen) atoms. The second-order valence-corrected chi connectivity index (χ2v) is 7.57. The molecule has 1 fully saturated rings. The lowest BCUT2D eigenvalue weighted by molar-refractivity contribution is -0.281. The van der Waals surface area contributed by atoms with Gasteiger partial charge in [-0.2, -0.15) is 0 Å². The molecule has 178 valence electrons. The lowest BCUT2D eigenvalue weighted by Gasteiger charge is -2.41. The van der Waals surface area contributed by atoms with Crippen molar-refractivity contribution in [2.75, 3.05) is 6.61 Å². The predicted octanol–water partition coefficient (Wildman–Crippen LogP) is 0.942. The first-order valence-electron chi connectivity index (χ1n) is 10.3. The van der Waals surface area contributed by atoms with Crippen molar-refractivity contribution in [3.8, 4) is 11.5 Å². The van der Waals surface area contributed by atoms with Gasteiger partial charge >= 0.3 is 5.97 Å². The number of fused-ring (bicyclic) bond motifs is 1. The first kappa shape index (κ1) is 23.5. The van der Waals surface area contributed by atoms with E-state index >= 15 is 0 Å². The number of phenolic OH excluding ortho intramolecular Hbond substituents is 1. The normalized spacial score (nSPS) is 24.9. The Labute approximate surface area is 192 Å². The molecule has 0 saturated carbocycles. The Kier molecular flexibility index (Phi) is 6.94. The molecule has 0 unspecified atom stereocenters. The molecule has 2 aromatic carbocycles. The molecule has 0 spiro atoms. The van der Waals surface area contributed by atoms with Gasteiger partial charge in [0.15, 0.2) is 11.5 Å². The Morgan fingerprint density at radius 1 is 1.09 bits per heavy atom. The fourth-order valence-corrected chi connectivity index (χ4v) is 3.55. The second-order valence-electron chi connectivity index (χ2n) is 7.57. The number of aliphatic hydroxyl groups is 3. The fourth-order valence-electron chi connectivity index (χ4n) is 3.55. The van der Waals surface area contributed by atoms with Gasteiger partial charge in [-0.15, -0.1) is 0 Å². The third-order valence-corrected chi connectivity index (χ3v) is 5.26. The van der Waals surface area contributed by atoms with Gasteiger partial charge in [-0.1, -0.05) is 30.3 Å². The van der Waals surface area contributed by atoms with Gasteiger partial charge in [0.2, 0.25) is 6.29 Å². The van der Waals surface area contributed by atoms with Gasteiger partial charge in [0.05, 0.1) is 12.9 Å². The van der Waals surface area contributed by atoms with Crippen LogP contribution in [-0.4, -0.2) is 63.7 Å². The quantitative estimate of drug-likeness (QED) is 0.302. The summed E-state index contributed by atoms with van der Waals surface area (Å²) in [7, 11) is 0. The summed E-state index contributed by atoms with van der Waals surface area (Å²) >= 11 is 0. The summed E-state index contributed by atoms with van der Waals surface area (Å²) in [6, 6.07) is 12.5. The number of hydrogen-bond acceptors (Lipinski definition) is 10. The Bertz CT molecular complexity index is 1240. The molecular formula is C24H22O10. The molecule has 1 aliphatic rings. The largest absolute Gasteiger partial charge is 0.507 e. The SMILES string of the molecule is O=C(/C=C\c1ccccc1)O[C@@H]1[C@@H](Oc2cc(O)c3c(=O)ccoc3c2)O[C@@H](CO)[C@H](O)[C@H]1O. The maximum absolute atomic E-state index is 12.4. The summed E-state index contributed by atoms with van der Waals surface area (Å²) in [6.45, 7) is -0.648. The van der Waals surface area contributed by atoms with Gasteiger partial charge in [-0.25, -0.2) is 4.79 Å². The van der Waals surface area contributed by atoms with Gasteiger partial charge in [0.25, 0.3) is 0 Å². The number of esters is 1. The van der Waals surface area contributed by atoms with E-state index in [0.717, 1.165) is 30.0 Å². The highest BCUT2D eigenvalue weighted by molar-refractivity contribution is 5.87. The molecular weight excluding hydrogens is 448 g/mol. The van der Waals surface area contributed by atoms with Crippen molar-refractivity contribution < 1.29 is 43.8 Å². The molecule has 1 saturated heterocycles. The van der Waals surface area contributed by atoms with Crippen molar-refractivity contribution in [3.05, 3.63) is 76.7 Å². The molecule has 5 atom stereocenters. The van der Waals surface area contributed by atoms with Gasteiger partial charge in [-0.3, -0.25) is 4.79 Å². The van der Waals surface area contributed by atoms with E-state index < -0.39 is 54.5 Å². The van der Waals surface area contributed by atoms with E-state index in [1.54, 1.807) is 24.3 Å². The summed E-state index contributed by atoms with van der Waals surface area (Å²) in [5, 5.41) is 40.5. The molecule has 0 aliphatic carbocycles. The van der Waals surface area contributed by atoms with E-state index in [0.29, 0.717) is 0 Å². The zero-order valence-corrected chi connectivity index (χ0v) is 17.7. The molecule has 10 heteroatoms. The van der Waals surface area contributed by atoms with Crippen LogP contribution in [0.15, 0.2) is 70.1 Å². The molecule has 1 aromatic heterocycles. The highest BCUT2D eigenvalue weighted by Gasteiger charge is 2.47. The van der Waals surface area contributed by atoms with Crippen LogP contribution >= 0.6 is 0 Å². The number of rotatable bonds is 6. The highest BCUT2D eigenvalue weighted by atomic mass is 16.7. The smallest absolute Gasteiger partial charge is 0.331 e. The summed E-state index contributed by atoms with van der Waals surface area (Å²) in [6.07, 6.45) is -3.63. The Morgan fingerprint density at radius 3 is 2.59 bits per heavy atom. The number of aromatic hydroxyl groups is 1. The summed E-state index contributed by atoms with van der Waals surface area (Å²) < 4.78 is 21.8. The number of carbonyl (C=O) groups excluding carboxylic acids is 1. The van der Waals surface area contributed by atoms with Crippen molar-refractivity contribution in [2.24, 2.45) is 0 Å². The third kappa shape index (κ3) is 4.95. The summed E-state index contributed by atoms with van der Waals surface area (Å²) in [5.74, 6) is -1.30. The van der Waals surface area contributed by atoms with Crippen LogP contribution in [0.4, 0.5) is 0 Å². The third-order valence-electron chi connectivity index (χ3n) is 5.26. The molecule has 4 rings (SSSR count). The first-order valence-corrected chi connectivity index (χ1v) is 10.3. The number of carbonyl (C=O) groups is 1. The maximum atomic E-state index is 12.4. The van der Waals surface area contributed by atoms with Crippen LogP contribution < -0.4 is 10.2 Å².